The fraction of sp³-hybridized carbons (Fsp3) is 0.938. The normalized spacial score (nSPS) is 18.8. The molecular weight excluding hydrogens is 270 g/mol. The Balaban J connectivity index is 0.000000690. The van der Waals surface area contributed by atoms with Crippen molar-refractivity contribution in [3.8, 4) is 0 Å². The van der Waals surface area contributed by atoms with Crippen LogP contribution < -0.4 is 5.32 Å². The molecule has 0 aromatic carbocycles. The van der Waals surface area contributed by atoms with E-state index in [9.17, 15) is 4.79 Å². The number of nitrogens with one attached hydrogen (secondary N) is 1. The minimum atomic E-state index is -0.560. The first-order valence-corrected chi connectivity index (χ1v) is 8.30. The summed E-state index contributed by atoms with van der Waals surface area (Å²) >= 11 is 0. The van der Waals surface area contributed by atoms with Gasteiger partial charge < -0.3 is 20.3 Å². The standard InChI is InChI=1S/C13H25NO2.C3H8O2/c1-2-3-4-5-6-7-11-16-13(15)12-9-8-10-14-12;1-3(5)2-4/h12,14H,2-11H2,1H3;3-5H,2H2,1H3/t12-;/m0./s1. The quantitative estimate of drug-likeness (QED) is 0.448. The molecule has 0 radical (unpaired) electrons. The number of unbranched alkanes of at least 4 members (excludes halogenated alkanes) is 5. The number of ether oxygens (including phenoxy) is 1. The summed E-state index contributed by atoms with van der Waals surface area (Å²) in [5.74, 6) is -0.0499. The van der Waals surface area contributed by atoms with E-state index < -0.39 is 6.10 Å². The Morgan fingerprint density at radius 2 is 1.90 bits per heavy atom. The van der Waals surface area contributed by atoms with Gasteiger partial charge in [0.2, 0.25) is 0 Å². The Bertz CT molecular complexity index is 240. The van der Waals surface area contributed by atoms with E-state index in [4.69, 9.17) is 14.9 Å². The van der Waals surface area contributed by atoms with Crippen LogP contribution in [0.3, 0.4) is 0 Å². The van der Waals surface area contributed by atoms with Crippen molar-refractivity contribution in [2.24, 2.45) is 0 Å². The Kier molecular flexibility index (Phi) is 13.9. The van der Waals surface area contributed by atoms with Gasteiger partial charge in [0, 0.05) is 0 Å². The van der Waals surface area contributed by atoms with E-state index in [1.54, 1.807) is 0 Å². The van der Waals surface area contributed by atoms with Crippen molar-refractivity contribution >= 4 is 5.97 Å². The highest BCUT2D eigenvalue weighted by atomic mass is 16.5. The average Bonchev–Trinajstić information content (AvgIpc) is 3.01. The first-order chi connectivity index (χ1) is 10.1. The first-order valence-electron chi connectivity index (χ1n) is 8.30. The summed E-state index contributed by atoms with van der Waals surface area (Å²) in [7, 11) is 0. The molecule has 0 amide bonds. The number of rotatable bonds is 9. The lowest BCUT2D eigenvalue weighted by Gasteiger charge is -2.09. The van der Waals surface area contributed by atoms with Gasteiger partial charge in [0.25, 0.3) is 0 Å². The number of carbonyl (C=O) groups is 1. The maximum Gasteiger partial charge on any atom is 0.323 e. The van der Waals surface area contributed by atoms with Gasteiger partial charge in [-0.05, 0) is 32.7 Å². The smallest absolute Gasteiger partial charge is 0.323 e. The summed E-state index contributed by atoms with van der Waals surface area (Å²) in [6, 6.07) is -0.0277. The minimum absolute atomic E-state index is 0.0277. The van der Waals surface area contributed by atoms with Gasteiger partial charge in [-0.2, -0.15) is 0 Å². The predicted molar refractivity (Wildman–Crippen MR) is 84.1 cm³/mol. The van der Waals surface area contributed by atoms with E-state index in [2.05, 4.69) is 12.2 Å². The number of hydrogen-bond donors (Lipinski definition) is 3. The van der Waals surface area contributed by atoms with E-state index in [-0.39, 0.29) is 18.6 Å². The number of hydrogen-bond acceptors (Lipinski definition) is 5. The zero-order valence-electron chi connectivity index (χ0n) is 13.6. The fourth-order valence-corrected chi connectivity index (χ4v) is 2.04. The molecule has 0 saturated carbocycles. The van der Waals surface area contributed by atoms with E-state index in [1.165, 1.54) is 39.0 Å². The highest BCUT2D eigenvalue weighted by Crippen LogP contribution is 2.08. The van der Waals surface area contributed by atoms with Crippen molar-refractivity contribution in [2.75, 3.05) is 19.8 Å². The summed E-state index contributed by atoms with van der Waals surface area (Å²) in [6.45, 7) is 5.16. The molecule has 1 heterocycles. The Morgan fingerprint density at radius 1 is 1.29 bits per heavy atom. The third kappa shape index (κ3) is 12.8. The molecule has 3 N–H and O–H groups in total. The van der Waals surface area contributed by atoms with Crippen LogP contribution in [-0.2, 0) is 9.53 Å². The maximum absolute atomic E-state index is 11.5. The molecule has 5 heteroatoms. The minimum Gasteiger partial charge on any atom is -0.465 e. The van der Waals surface area contributed by atoms with Crippen molar-refractivity contribution < 1.29 is 19.7 Å². The molecule has 1 unspecified atom stereocenters. The average molecular weight is 303 g/mol. The molecule has 0 spiro atoms. The summed E-state index contributed by atoms with van der Waals surface area (Å²) < 4.78 is 5.23. The molecule has 0 aromatic heterocycles. The lowest BCUT2D eigenvalue weighted by atomic mass is 10.1. The topological polar surface area (TPSA) is 78.8 Å². The number of esters is 1. The van der Waals surface area contributed by atoms with Gasteiger partial charge in [0.15, 0.2) is 0 Å². The Morgan fingerprint density at radius 3 is 2.43 bits per heavy atom. The molecule has 0 aromatic rings. The lowest BCUT2D eigenvalue weighted by Crippen LogP contribution is -2.32. The fourth-order valence-electron chi connectivity index (χ4n) is 2.04. The monoisotopic (exact) mass is 303 g/mol. The van der Waals surface area contributed by atoms with Gasteiger partial charge in [-0.3, -0.25) is 4.79 Å². The molecule has 5 nitrogen and oxygen atoms in total. The van der Waals surface area contributed by atoms with Gasteiger partial charge in [-0.25, -0.2) is 0 Å². The van der Waals surface area contributed by atoms with E-state index in [0.717, 1.165) is 25.8 Å². The van der Waals surface area contributed by atoms with Crippen LogP contribution in [0.15, 0.2) is 0 Å². The molecule has 1 fully saturated rings. The van der Waals surface area contributed by atoms with Crippen LogP contribution in [0.2, 0.25) is 0 Å². The van der Waals surface area contributed by atoms with Crippen LogP contribution in [-0.4, -0.2) is 48.1 Å². The second-order valence-electron chi connectivity index (χ2n) is 5.62. The molecule has 0 bridgehead atoms. The van der Waals surface area contributed by atoms with Crippen LogP contribution in [0.1, 0.15) is 65.2 Å². The molecule has 21 heavy (non-hydrogen) atoms. The first kappa shape index (κ1) is 20.3. The van der Waals surface area contributed by atoms with E-state index in [1.807, 2.05) is 0 Å². The highest BCUT2D eigenvalue weighted by Gasteiger charge is 2.22. The zero-order valence-corrected chi connectivity index (χ0v) is 13.6. The van der Waals surface area contributed by atoms with Crippen molar-refractivity contribution in [1.82, 2.24) is 5.32 Å². The molecule has 126 valence electrons. The third-order valence-electron chi connectivity index (χ3n) is 3.35. The summed E-state index contributed by atoms with van der Waals surface area (Å²) in [5, 5.41) is 19.2. The number of aliphatic hydroxyl groups excluding tert-OH is 2. The summed E-state index contributed by atoms with van der Waals surface area (Å²) in [4.78, 5) is 11.5. The van der Waals surface area contributed by atoms with Crippen molar-refractivity contribution in [2.45, 2.75) is 77.4 Å². The maximum atomic E-state index is 11.5. The van der Waals surface area contributed by atoms with Gasteiger partial charge in [-0.1, -0.05) is 39.0 Å². The molecule has 1 rings (SSSR count). The molecule has 1 aliphatic heterocycles. The largest absolute Gasteiger partial charge is 0.465 e. The van der Waals surface area contributed by atoms with Crippen molar-refractivity contribution in [3.63, 3.8) is 0 Å². The molecule has 1 aliphatic rings. The van der Waals surface area contributed by atoms with Crippen molar-refractivity contribution in [3.05, 3.63) is 0 Å². The van der Waals surface area contributed by atoms with Crippen LogP contribution in [0.5, 0.6) is 0 Å². The molecule has 2 atom stereocenters. The van der Waals surface area contributed by atoms with E-state index >= 15 is 0 Å². The van der Waals surface area contributed by atoms with Gasteiger partial charge >= 0.3 is 5.97 Å². The number of aliphatic hydroxyl groups is 2. The summed E-state index contributed by atoms with van der Waals surface area (Å²) in [6.07, 6.45) is 8.87. The SMILES string of the molecule is CC(O)CO.CCCCCCCCOC(=O)[C@@H]1CCCN1. The summed E-state index contributed by atoms with van der Waals surface area (Å²) in [5.41, 5.74) is 0. The van der Waals surface area contributed by atoms with Crippen LogP contribution in [0.4, 0.5) is 0 Å². The van der Waals surface area contributed by atoms with Gasteiger partial charge in [0.1, 0.15) is 6.04 Å². The Hall–Kier alpha value is -0.650. The predicted octanol–water partition coefficient (Wildman–Crippen LogP) is 2.00. The van der Waals surface area contributed by atoms with Gasteiger partial charge in [0.05, 0.1) is 19.3 Å². The van der Waals surface area contributed by atoms with Gasteiger partial charge in [-0.15, -0.1) is 0 Å². The van der Waals surface area contributed by atoms with E-state index in [0.29, 0.717) is 6.61 Å². The lowest BCUT2D eigenvalue weighted by molar-refractivity contribution is -0.145. The third-order valence-corrected chi connectivity index (χ3v) is 3.35. The highest BCUT2D eigenvalue weighted by molar-refractivity contribution is 5.76. The van der Waals surface area contributed by atoms with Crippen molar-refractivity contribution in [1.29, 1.82) is 0 Å². The van der Waals surface area contributed by atoms with Crippen LogP contribution in [0, 0.1) is 0 Å². The van der Waals surface area contributed by atoms with Crippen LogP contribution >= 0.6 is 0 Å². The second kappa shape index (κ2) is 14.3. The second-order valence-corrected chi connectivity index (χ2v) is 5.62. The Labute approximate surface area is 129 Å². The molecular formula is C16H33NO4. The number of carbonyl (C=O) groups excluding carboxylic acids is 1. The van der Waals surface area contributed by atoms with Crippen LogP contribution in [0.25, 0.3) is 0 Å². The molecule has 0 aliphatic carbocycles. The molecule has 1 saturated heterocycles. The zero-order chi connectivity index (χ0) is 15.9.